The minimum atomic E-state index is 0.333. The number of fused-ring (bicyclic) bond motifs is 5. The van der Waals surface area contributed by atoms with Crippen LogP contribution in [0.15, 0.2) is 18.2 Å². The molecule has 4 aliphatic carbocycles. The van der Waals surface area contributed by atoms with Crippen molar-refractivity contribution in [2.75, 3.05) is 19.8 Å². The molecule has 0 aromatic heterocycles. The Kier molecular flexibility index (Phi) is 7.90. The third-order valence-corrected chi connectivity index (χ3v) is 9.68. The van der Waals surface area contributed by atoms with E-state index in [2.05, 4.69) is 39.0 Å². The van der Waals surface area contributed by atoms with Crippen molar-refractivity contribution in [3.63, 3.8) is 0 Å². The Balaban J connectivity index is 1.37. The van der Waals surface area contributed by atoms with Crippen molar-refractivity contribution in [2.24, 2.45) is 23.2 Å². The molecule has 3 saturated carbocycles. The summed E-state index contributed by atoms with van der Waals surface area (Å²) in [6.07, 6.45) is 15.9. The monoisotopic (exact) mass is 468 g/mol. The van der Waals surface area contributed by atoms with E-state index in [4.69, 9.17) is 14.2 Å². The number of hydrogen-bond donors (Lipinski definition) is 0. The highest BCUT2D eigenvalue weighted by molar-refractivity contribution is 5.41. The summed E-state index contributed by atoms with van der Waals surface area (Å²) in [4.78, 5) is 0. The third-order valence-electron chi connectivity index (χ3n) is 9.68. The zero-order valence-electron chi connectivity index (χ0n) is 22.0. The van der Waals surface area contributed by atoms with E-state index in [1.807, 2.05) is 0 Å². The van der Waals surface area contributed by atoms with Gasteiger partial charge in [-0.15, -0.1) is 0 Å². The second-order valence-corrected chi connectivity index (χ2v) is 12.0. The summed E-state index contributed by atoms with van der Waals surface area (Å²) < 4.78 is 18.9. The van der Waals surface area contributed by atoms with Gasteiger partial charge >= 0.3 is 0 Å². The van der Waals surface area contributed by atoms with Gasteiger partial charge in [-0.2, -0.15) is 0 Å². The molecule has 5 rings (SSSR count). The van der Waals surface area contributed by atoms with Crippen LogP contribution in [0.5, 0.6) is 5.75 Å². The topological polar surface area (TPSA) is 27.7 Å². The van der Waals surface area contributed by atoms with Gasteiger partial charge < -0.3 is 14.2 Å². The van der Waals surface area contributed by atoms with Crippen LogP contribution in [0.2, 0.25) is 0 Å². The molecule has 0 saturated heterocycles. The van der Waals surface area contributed by atoms with Crippen molar-refractivity contribution in [1.29, 1.82) is 0 Å². The zero-order chi connectivity index (χ0) is 23.5. The minimum absolute atomic E-state index is 0.333. The summed E-state index contributed by atoms with van der Waals surface area (Å²) >= 11 is 0. The Morgan fingerprint density at radius 2 is 1.74 bits per heavy atom. The van der Waals surface area contributed by atoms with E-state index in [9.17, 15) is 0 Å². The minimum Gasteiger partial charge on any atom is -0.494 e. The van der Waals surface area contributed by atoms with Crippen LogP contribution in [0.4, 0.5) is 0 Å². The van der Waals surface area contributed by atoms with Crippen LogP contribution in [0.3, 0.4) is 0 Å². The number of unbranched alkanes of at least 4 members (excludes halogenated alkanes) is 2. The van der Waals surface area contributed by atoms with Gasteiger partial charge in [-0.05, 0) is 117 Å². The van der Waals surface area contributed by atoms with Gasteiger partial charge in [-0.1, -0.05) is 39.7 Å². The highest BCUT2D eigenvalue weighted by atomic mass is 16.5. The van der Waals surface area contributed by atoms with Gasteiger partial charge in [0.1, 0.15) is 5.75 Å². The smallest absolute Gasteiger partial charge is 0.119 e. The molecule has 1 aromatic carbocycles. The Labute approximate surface area is 208 Å². The van der Waals surface area contributed by atoms with Gasteiger partial charge in [0.15, 0.2) is 0 Å². The van der Waals surface area contributed by atoms with Crippen LogP contribution >= 0.6 is 0 Å². The molecule has 0 aliphatic heterocycles. The lowest BCUT2D eigenvalue weighted by atomic mass is 9.51. The lowest BCUT2D eigenvalue weighted by Gasteiger charge is -2.54. The average Bonchev–Trinajstić information content (AvgIpc) is 3.60. The summed E-state index contributed by atoms with van der Waals surface area (Å²) in [7, 11) is 0. The second kappa shape index (κ2) is 10.9. The number of hydrogen-bond acceptors (Lipinski definition) is 3. The lowest BCUT2D eigenvalue weighted by molar-refractivity contribution is -0.0851. The highest BCUT2D eigenvalue weighted by Crippen LogP contribution is 2.64. The number of rotatable bonds is 12. The zero-order valence-corrected chi connectivity index (χ0v) is 22.0. The van der Waals surface area contributed by atoms with E-state index in [0.717, 1.165) is 43.8 Å². The Bertz CT molecular complexity index is 802. The van der Waals surface area contributed by atoms with Crippen molar-refractivity contribution in [3.8, 4) is 5.75 Å². The third kappa shape index (κ3) is 5.07. The first-order valence-corrected chi connectivity index (χ1v) is 14.6. The fourth-order valence-corrected chi connectivity index (χ4v) is 7.79. The van der Waals surface area contributed by atoms with Crippen LogP contribution < -0.4 is 4.74 Å². The van der Waals surface area contributed by atoms with E-state index in [1.165, 1.54) is 70.6 Å². The lowest BCUT2D eigenvalue weighted by Crippen LogP contribution is -2.48. The van der Waals surface area contributed by atoms with E-state index in [-0.39, 0.29) is 0 Å². The quantitative estimate of drug-likeness (QED) is 0.294. The van der Waals surface area contributed by atoms with Crippen LogP contribution in [-0.4, -0.2) is 32.0 Å². The highest BCUT2D eigenvalue weighted by Gasteiger charge is 2.58. The van der Waals surface area contributed by atoms with E-state index < -0.39 is 0 Å². The summed E-state index contributed by atoms with van der Waals surface area (Å²) in [5.41, 5.74) is 3.52. The maximum absolute atomic E-state index is 6.58. The van der Waals surface area contributed by atoms with Gasteiger partial charge in [0.25, 0.3) is 0 Å². The van der Waals surface area contributed by atoms with Crippen molar-refractivity contribution in [2.45, 2.75) is 116 Å². The SMILES string of the molecule is CCCCOc1ccc2c(c1)CCC1C2[C@@H](CCOC2CC2)CC2(C)C(OCCCC)CCC12. The molecule has 3 fully saturated rings. The molecule has 34 heavy (non-hydrogen) atoms. The van der Waals surface area contributed by atoms with Gasteiger partial charge in [0, 0.05) is 13.2 Å². The molecule has 190 valence electrons. The van der Waals surface area contributed by atoms with E-state index >= 15 is 0 Å². The maximum atomic E-state index is 6.58. The Hall–Kier alpha value is -1.06. The second-order valence-electron chi connectivity index (χ2n) is 12.0. The summed E-state index contributed by atoms with van der Waals surface area (Å²) in [6, 6.07) is 7.07. The Morgan fingerprint density at radius 3 is 2.53 bits per heavy atom. The first-order valence-electron chi connectivity index (χ1n) is 14.6. The van der Waals surface area contributed by atoms with Gasteiger partial charge in [-0.25, -0.2) is 0 Å². The number of benzene rings is 1. The van der Waals surface area contributed by atoms with Crippen molar-refractivity contribution < 1.29 is 14.2 Å². The molecule has 6 atom stereocenters. The average molecular weight is 469 g/mol. The van der Waals surface area contributed by atoms with Crippen molar-refractivity contribution in [1.82, 2.24) is 0 Å². The molecular weight excluding hydrogens is 420 g/mol. The maximum Gasteiger partial charge on any atom is 0.119 e. The molecule has 4 aliphatic rings. The summed E-state index contributed by atoms with van der Waals surface area (Å²) in [6.45, 7) is 9.80. The molecule has 3 nitrogen and oxygen atoms in total. The fourth-order valence-electron chi connectivity index (χ4n) is 7.79. The normalized spacial score (nSPS) is 34.4. The van der Waals surface area contributed by atoms with Crippen LogP contribution in [0.25, 0.3) is 0 Å². The summed E-state index contributed by atoms with van der Waals surface area (Å²) in [5, 5.41) is 0. The molecule has 3 heteroatoms. The molecular formula is C31H48O3. The molecule has 0 radical (unpaired) electrons. The summed E-state index contributed by atoms with van der Waals surface area (Å²) in [5.74, 6) is 4.06. The first-order chi connectivity index (χ1) is 16.6. The van der Waals surface area contributed by atoms with Crippen LogP contribution in [0, 0.1) is 23.2 Å². The first kappa shape index (κ1) is 24.6. The molecule has 0 N–H and O–H groups in total. The van der Waals surface area contributed by atoms with Crippen molar-refractivity contribution in [3.05, 3.63) is 29.3 Å². The number of ether oxygens (including phenoxy) is 3. The molecule has 0 heterocycles. The van der Waals surface area contributed by atoms with Gasteiger partial charge in [0.05, 0.1) is 18.8 Å². The van der Waals surface area contributed by atoms with E-state index in [0.29, 0.717) is 29.5 Å². The molecule has 0 spiro atoms. The predicted octanol–water partition coefficient (Wildman–Crippen LogP) is 7.70. The molecule has 5 unspecified atom stereocenters. The van der Waals surface area contributed by atoms with Gasteiger partial charge in [-0.3, -0.25) is 0 Å². The largest absolute Gasteiger partial charge is 0.494 e. The number of aryl methyl sites for hydroxylation is 1. The molecule has 0 bridgehead atoms. The molecule has 1 aromatic rings. The van der Waals surface area contributed by atoms with E-state index in [1.54, 1.807) is 11.1 Å². The molecule has 0 amide bonds. The van der Waals surface area contributed by atoms with Gasteiger partial charge in [0.2, 0.25) is 0 Å². The standard InChI is InChI=1S/C31H48O3/c1-4-6-17-32-25-11-13-26-22(20-25)8-12-27-28-14-15-29(34-18-7-5-2)31(28,3)21-23(30(26)27)16-19-33-24-9-10-24/h11,13,20,23-24,27-30H,4-10,12,14-19,21H2,1-3H3/t23-,27?,28?,29?,30?,31?/m0/s1. The van der Waals surface area contributed by atoms with Crippen molar-refractivity contribution >= 4 is 0 Å². The van der Waals surface area contributed by atoms with Crippen LogP contribution in [-0.2, 0) is 15.9 Å². The predicted molar refractivity (Wildman–Crippen MR) is 139 cm³/mol. The Morgan fingerprint density at radius 1 is 0.912 bits per heavy atom. The fraction of sp³-hybridized carbons (Fsp3) is 0.806. The van der Waals surface area contributed by atoms with Crippen LogP contribution in [0.1, 0.15) is 108 Å².